The van der Waals surface area contributed by atoms with Gasteiger partial charge in [-0.15, -0.1) is 0 Å². The molecule has 3 amide bonds. The van der Waals surface area contributed by atoms with E-state index in [0.717, 1.165) is 29.7 Å². The number of carbonyl (C=O) groups excluding carboxylic acids is 2. The van der Waals surface area contributed by atoms with E-state index >= 15 is 0 Å². The number of H-pyrrole nitrogens is 1. The van der Waals surface area contributed by atoms with Crippen LogP contribution in [-0.2, 0) is 4.79 Å². The number of rotatable bonds is 7. The number of aromatic nitrogens is 2. The van der Waals surface area contributed by atoms with Crippen LogP contribution in [0.5, 0.6) is 0 Å². The van der Waals surface area contributed by atoms with Gasteiger partial charge in [-0.2, -0.15) is 0 Å². The summed E-state index contributed by atoms with van der Waals surface area (Å²) in [6.07, 6.45) is 2.03. The van der Waals surface area contributed by atoms with Crippen molar-refractivity contribution in [3.63, 3.8) is 0 Å². The minimum absolute atomic E-state index is 0.0686. The molecule has 3 aromatic rings. The van der Waals surface area contributed by atoms with Gasteiger partial charge in [0.25, 0.3) is 0 Å². The molecule has 1 aromatic heterocycles. The number of halogens is 2. The molecule has 0 radical (unpaired) electrons. The van der Waals surface area contributed by atoms with Crippen molar-refractivity contribution in [3.8, 4) is 0 Å². The van der Waals surface area contributed by atoms with Crippen LogP contribution in [0, 0.1) is 5.92 Å². The first-order valence-corrected chi connectivity index (χ1v) is 12.8. The number of anilines is 1. The van der Waals surface area contributed by atoms with Gasteiger partial charge in [-0.05, 0) is 49.1 Å². The highest BCUT2D eigenvalue weighted by Crippen LogP contribution is 2.28. The number of hydrogen-bond acceptors (Lipinski definition) is 3. The maximum atomic E-state index is 13.0. The maximum absolute atomic E-state index is 13.0. The molecule has 7 nitrogen and oxygen atoms in total. The van der Waals surface area contributed by atoms with Crippen LogP contribution in [0.3, 0.4) is 0 Å². The summed E-state index contributed by atoms with van der Waals surface area (Å²) < 4.78 is 0. The Morgan fingerprint density at radius 1 is 1.17 bits per heavy atom. The van der Waals surface area contributed by atoms with Gasteiger partial charge in [0, 0.05) is 43.5 Å². The first kappa shape index (κ1) is 25.3. The van der Waals surface area contributed by atoms with Crippen LogP contribution >= 0.6 is 23.2 Å². The van der Waals surface area contributed by atoms with Crippen molar-refractivity contribution < 1.29 is 9.59 Å². The van der Waals surface area contributed by atoms with Gasteiger partial charge in [0.1, 0.15) is 5.82 Å². The van der Waals surface area contributed by atoms with E-state index in [1.165, 1.54) is 0 Å². The molecule has 2 heterocycles. The fraction of sp³-hybridized carbons (Fsp3) is 0.423. The fourth-order valence-electron chi connectivity index (χ4n) is 4.46. The number of nitrogens with zero attached hydrogens (tertiary/aromatic N) is 3. The summed E-state index contributed by atoms with van der Waals surface area (Å²) in [4.78, 5) is 37.6. The normalized spacial score (nSPS) is 14.5. The number of benzene rings is 2. The van der Waals surface area contributed by atoms with Gasteiger partial charge in [0.05, 0.1) is 21.7 Å². The molecule has 0 aliphatic carbocycles. The van der Waals surface area contributed by atoms with Crippen molar-refractivity contribution in [3.05, 3.63) is 58.3 Å². The Morgan fingerprint density at radius 2 is 1.91 bits per heavy atom. The second-order valence-electron chi connectivity index (χ2n) is 9.44. The number of urea groups is 1. The molecule has 0 atom stereocenters. The van der Waals surface area contributed by atoms with Crippen molar-refractivity contribution in [1.82, 2.24) is 19.8 Å². The molecule has 0 spiro atoms. The van der Waals surface area contributed by atoms with Crippen molar-refractivity contribution >= 4 is 51.9 Å². The van der Waals surface area contributed by atoms with E-state index in [1.54, 1.807) is 23.1 Å². The second-order valence-corrected chi connectivity index (χ2v) is 10.3. The molecular formula is C26H31Cl2N5O2. The number of amides is 3. The smallest absolute Gasteiger partial charge is 0.321 e. The Kier molecular flexibility index (Phi) is 8.19. The molecule has 1 aliphatic rings. The molecule has 35 heavy (non-hydrogen) atoms. The number of nitrogens with one attached hydrogen (secondary N) is 2. The van der Waals surface area contributed by atoms with Gasteiger partial charge in [0.15, 0.2) is 0 Å². The van der Waals surface area contributed by atoms with E-state index in [2.05, 4.69) is 10.3 Å². The Balaban J connectivity index is 1.30. The van der Waals surface area contributed by atoms with Crippen LogP contribution in [0.1, 0.15) is 44.9 Å². The summed E-state index contributed by atoms with van der Waals surface area (Å²) >= 11 is 12.2. The lowest BCUT2D eigenvalue weighted by atomic mass is 9.96. The van der Waals surface area contributed by atoms with Gasteiger partial charge < -0.3 is 20.1 Å². The number of aromatic amines is 1. The lowest BCUT2D eigenvalue weighted by Gasteiger charge is -2.32. The lowest BCUT2D eigenvalue weighted by molar-refractivity contribution is -0.132. The molecule has 186 valence electrons. The predicted molar refractivity (Wildman–Crippen MR) is 141 cm³/mol. The van der Waals surface area contributed by atoms with Crippen LogP contribution in [0.2, 0.25) is 10.0 Å². The Morgan fingerprint density at radius 3 is 2.60 bits per heavy atom. The van der Waals surface area contributed by atoms with E-state index in [-0.39, 0.29) is 24.3 Å². The van der Waals surface area contributed by atoms with Crippen molar-refractivity contribution in [2.75, 3.05) is 31.5 Å². The Hall–Kier alpha value is -2.77. The van der Waals surface area contributed by atoms with Gasteiger partial charge in [-0.25, -0.2) is 9.78 Å². The zero-order valence-electron chi connectivity index (χ0n) is 20.1. The van der Waals surface area contributed by atoms with E-state index in [0.29, 0.717) is 47.8 Å². The topological polar surface area (TPSA) is 81.3 Å². The summed E-state index contributed by atoms with van der Waals surface area (Å²) in [5.41, 5.74) is 2.52. The SMILES string of the molecule is CC(C)CN(CCC(=O)N1CCC(c2nc3ccccc3[nH]2)CC1)C(=O)Nc1ccc(Cl)cc1Cl. The minimum atomic E-state index is -0.278. The highest BCUT2D eigenvalue weighted by Gasteiger charge is 2.26. The van der Waals surface area contributed by atoms with Crippen LogP contribution in [0.4, 0.5) is 10.5 Å². The third kappa shape index (κ3) is 6.47. The minimum Gasteiger partial charge on any atom is -0.343 e. The first-order valence-electron chi connectivity index (χ1n) is 12.0. The second kappa shape index (κ2) is 11.3. The Labute approximate surface area is 215 Å². The molecule has 0 unspecified atom stereocenters. The first-order chi connectivity index (χ1) is 16.8. The van der Waals surface area contributed by atoms with Crippen LogP contribution in [0.25, 0.3) is 11.0 Å². The fourth-order valence-corrected chi connectivity index (χ4v) is 4.91. The molecule has 9 heteroatoms. The standard InChI is InChI=1S/C26H31Cl2N5O2/c1-17(2)16-33(26(35)31-21-8-7-19(27)15-20(21)28)14-11-24(34)32-12-9-18(10-13-32)25-29-22-5-3-4-6-23(22)30-25/h3-8,15,17-18H,9-14,16H2,1-2H3,(H,29,30)(H,31,35). The van der Waals surface area contributed by atoms with Crippen LogP contribution in [-0.4, -0.2) is 57.9 Å². The summed E-state index contributed by atoms with van der Waals surface area (Å²) in [5.74, 6) is 1.65. The van der Waals surface area contributed by atoms with Crippen molar-refractivity contribution in [1.29, 1.82) is 0 Å². The molecule has 1 saturated heterocycles. The molecule has 0 saturated carbocycles. The number of hydrogen-bond donors (Lipinski definition) is 2. The molecule has 2 N–H and O–H groups in total. The molecule has 0 bridgehead atoms. The zero-order valence-corrected chi connectivity index (χ0v) is 21.6. The van der Waals surface area contributed by atoms with Gasteiger partial charge in [0.2, 0.25) is 5.91 Å². The molecule has 2 aromatic carbocycles. The monoisotopic (exact) mass is 515 g/mol. The van der Waals surface area contributed by atoms with E-state index in [1.807, 2.05) is 43.0 Å². The molecule has 1 aliphatic heterocycles. The van der Waals surface area contributed by atoms with E-state index in [4.69, 9.17) is 28.2 Å². The number of likely N-dealkylation sites (tertiary alicyclic amines) is 1. The number of imidazole rings is 1. The number of piperidine rings is 1. The lowest BCUT2D eigenvalue weighted by Crippen LogP contribution is -2.42. The Bertz CT molecular complexity index is 1150. The molecule has 4 rings (SSSR count). The third-order valence-electron chi connectivity index (χ3n) is 6.28. The van der Waals surface area contributed by atoms with Crippen LogP contribution in [0.15, 0.2) is 42.5 Å². The quantitative estimate of drug-likeness (QED) is 0.395. The number of fused-ring (bicyclic) bond motifs is 1. The van der Waals surface area contributed by atoms with Crippen LogP contribution < -0.4 is 5.32 Å². The van der Waals surface area contributed by atoms with Crippen molar-refractivity contribution in [2.24, 2.45) is 5.92 Å². The predicted octanol–water partition coefficient (Wildman–Crippen LogP) is 6.16. The van der Waals surface area contributed by atoms with E-state index < -0.39 is 0 Å². The summed E-state index contributed by atoms with van der Waals surface area (Å²) in [6, 6.07) is 12.7. The van der Waals surface area contributed by atoms with Gasteiger partial charge in [-0.1, -0.05) is 49.2 Å². The number of para-hydroxylation sites is 2. The van der Waals surface area contributed by atoms with Gasteiger partial charge >= 0.3 is 6.03 Å². The summed E-state index contributed by atoms with van der Waals surface area (Å²) in [7, 11) is 0. The highest BCUT2D eigenvalue weighted by molar-refractivity contribution is 6.36. The maximum Gasteiger partial charge on any atom is 0.321 e. The highest BCUT2D eigenvalue weighted by atomic mass is 35.5. The van der Waals surface area contributed by atoms with E-state index in [9.17, 15) is 9.59 Å². The molecular weight excluding hydrogens is 485 g/mol. The number of carbonyl (C=O) groups is 2. The third-order valence-corrected chi connectivity index (χ3v) is 6.83. The largest absolute Gasteiger partial charge is 0.343 e. The average molecular weight is 516 g/mol. The summed E-state index contributed by atoms with van der Waals surface area (Å²) in [6.45, 7) is 6.35. The zero-order chi connectivity index (χ0) is 24.9. The van der Waals surface area contributed by atoms with Gasteiger partial charge in [-0.3, -0.25) is 4.79 Å². The summed E-state index contributed by atoms with van der Waals surface area (Å²) in [5, 5.41) is 3.72. The van der Waals surface area contributed by atoms with Crippen molar-refractivity contribution in [2.45, 2.75) is 39.0 Å². The molecule has 1 fully saturated rings. The average Bonchev–Trinajstić information content (AvgIpc) is 3.27.